The van der Waals surface area contributed by atoms with E-state index in [0.29, 0.717) is 10.8 Å². The van der Waals surface area contributed by atoms with Crippen LogP contribution in [0.4, 0.5) is 33.2 Å². The summed E-state index contributed by atoms with van der Waals surface area (Å²) in [7, 11) is 0.941. The van der Waals surface area contributed by atoms with Crippen LogP contribution in [0, 0.1) is 22.9 Å². The molecule has 0 saturated carbocycles. The molecule has 3 aromatic rings. The van der Waals surface area contributed by atoms with E-state index in [1.165, 1.54) is 13.3 Å². The minimum absolute atomic E-state index is 0.0691. The number of methoxy groups -OCH3 is 1. The van der Waals surface area contributed by atoms with E-state index in [0.717, 1.165) is 28.7 Å². The van der Waals surface area contributed by atoms with Crippen LogP contribution in [-0.2, 0) is 0 Å². The number of rotatable bonds is 7. The first-order chi connectivity index (χ1) is 14.7. The highest BCUT2D eigenvalue weighted by atomic mass is 35.5. The van der Waals surface area contributed by atoms with Crippen molar-refractivity contribution in [3.05, 3.63) is 63.0 Å². The van der Waals surface area contributed by atoms with Crippen molar-refractivity contribution in [2.75, 3.05) is 31.1 Å². The van der Waals surface area contributed by atoms with E-state index in [4.69, 9.17) is 16.3 Å². The third kappa shape index (κ3) is 5.18. The van der Waals surface area contributed by atoms with Gasteiger partial charge in [0.15, 0.2) is 5.82 Å². The molecule has 8 nitrogen and oxygen atoms in total. The monoisotopic (exact) mass is 463 g/mol. The molecule has 0 radical (unpaired) electrons. The lowest BCUT2D eigenvalue weighted by molar-refractivity contribution is -0.387. The second-order valence-corrected chi connectivity index (χ2v) is 9.49. The van der Waals surface area contributed by atoms with Crippen LogP contribution >= 0.6 is 19.5 Å². The second-order valence-electron chi connectivity index (χ2n) is 6.82. The van der Waals surface area contributed by atoms with Gasteiger partial charge in [0.05, 0.1) is 23.9 Å². The van der Waals surface area contributed by atoms with E-state index < -0.39 is 16.4 Å². The van der Waals surface area contributed by atoms with E-state index >= 15 is 0 Å². The van der Waals surface area contributed by atoms with Crippen molar-refractivity contribution in [2.45, 2.75) is 6.92 Å². The topological polar surface area (TPSA) is 102 Å². The summed E-state index contributed by atoms with van der Waals surface area (Å²) in [6, 6.07) is 8.02. The summed E-state index contributed by atoms with van der Waals surface area (Å²) in [5.41, 5.74) is 1.48. The first-order valence-electron chi connectivity index (χ1n) is 9.06. The van der Waals surface area contributed by atoms with Gasteiger partial charge >= 0.3 is 5.69 Å². The van der Waals surface area contributed by atoms with Crippen LogP contribution in [0.2, 0.25) is 5.02 Å². The molecule has 0 saturated heterocycles. The number of benzene rings is 2. The summed E-state index contributed by atoms with van der Waals surface area (Å²) < 4.78 is 19.0. The fourth-order valence-electron chi connectivity index (χ4n) is 2.83. The van der Waals surface area contributed by atoms with Crippen LogP contribution in [-0.4, -0.2) is 35.3 Å². The third-order valence-corrected chi connectivity index (χ3v) is 5.95. The molecule has 0 bridgehead atoms. The third-order valence-electron chi connectivity index (χ3n) is 4.34. The lowest BCUT2D eigenvalue weighted by atomic mass is 10.2. The molecule has 162 valence electrons. The Kier molecular flexibility index (Phi) is 6.87. The van der Waals surface area contributed by atoms with E-state index in [1.54, 1.807) is 0 Å². The number of aromatic nitrogens is 2. The average Bonchev–Trinajstić information content (AvgIpc) is 2.72. The van der Waals surface area contributed by atoms with Gasteiger partial charge in [-0.25, -0.2) is 4.98 Å². The molecule has 0 spiro atoms. The van der Waals surface area contributed by atoms with Crippen molar-refractivity contribution in [3.63, 3.8) is 0 Å². The fourth-order valence-corrected chi connectivity index (χ4v) is 4.04. The largest absolute Gasteiger partial charge is 0.494 e. The summed E-state index contributed by atoms with van der Waals surface area (Å²) in [5.74, 6) is -0.472. The Morgan fingerprint density at radius 1 is 1.19 bits per heavy atom. The lowest BCUT2D eigenvalue weighted by Gasteiger charge is -2.17. The maximum absolute atomic E-state index is 13.9. The molecule has 2 aromatic carbocycles. The molecule has 0 aliphatic rings. The normalized spacial score (nSPS) is 10.8. The van der Waals surface area contributed by atoms with Crippen LogP contribution in [0.25, 0.3) is 0 Å². The predicted octanol–water partition coefficient (Wildman–Crippen LogP) is 5.35. The number of nitro benzene ring substituents is 1. The Labute approximate surface area is 184 Å². The van der Waals surface area contributed by atoms with Crippen molar-refractivity contribution in [2.24, 2.45) is 0 Å². The molecule has 0 amide bonds. The van der Waals surface area contributed by atoms with E-state index in [9.17, 15) is 14.5 Å². The Morgan fingerprint density at radius 2 is 1.94 bits per heavy atom. The summed E-state index contributed by atoms with van der Waals surface area (Å²) >= 11 is 6.28. The van der Waals surface area contributed by atoms with Gasteiger partial charge in [0.1, 0.15) is 10.8 Å². The molecule has 31 heavy (non-hydrogen) atoms. The Morgan fingerprint density at radius 3 is 2.58 bits per heavy atom. The zero-order valence-electron chi connectivity index (χ0n) is 17.2. The number of hydrogen-bond acceptors (Lipinski definition) is 7. The van der Waals surface area contributed by atoms with Crippen molar-refractivity contribution in [1.82, 2.24) is 9.97 Å². The number of nitrogens with zero attached hydrogens (tertiary/aromatic N) is 3. The van der Waals surface area contributed by atoms with Gasteiger partial charge in [-0.15, -0.1) is 0 Å². The SMILES string of the molecule is COc1cc(F)c([N+](=O)[O-])cc1Nc1ncc(Cl)c(Nc2ccc(C)cc2P(C)C)n1. The highest BCUT2D eigenvalue weighted by molar-refractivity contribution is 7.64. The number of nitrogens with one attached hydrogen (secondary N) is 2. The maximum atomic E-state index is 13.9. The molecule has 0 unspecified atom stereocenters. The van der Waals surface area contributed by atoms with E-state index in [1.807, 2.05) is 19.1 Å². The molecule has 2 N–H and O–H groups in total. The minimum Gasteiger partial charge on any atom is -0.494 e. The zero-order chi connectivity index (χ0) is 22.7. The molecule has 1 heterocycles. The molecule has 0 aliphatic carbocycles. The molecule has 0 atom stereocenters. The van der Waals surface area contributed by atoms with Gasteiger partial charge in [-0.2, -0.15) is 9.37 Å². The molecule has 0 aliphatic heterocycles. The highest BCUT2D eigenvalue weighted by Crippen LogP contribution is 2.35. The predicted molar refractivity (Wildman–Crippen MR) is 123 cm³/mol. The fraction of sp³-hybridized carbons (Fsp3) is 0.200. The van der Waals surface area contributed by atoms with Gasteiger partial charge in [0.25, 0.3) is 0 Å². The molecule has 3 rings (SSSR count). The molecular formula is C20H20ClFN5O3P. The molecule has 1 aromatic heterocycles. The summed E-state index contributed by atoms with van der Waals surface area (Å²) in [6.07, 6.45) is 1.40. The Hall–Kier alpha value is -3.03. The Balaban J connectivity index is 1.96. The minimum atomic E-state index is -1.01. The first kappa shape index (κ1) is 22.7. The maximum Gasteiger partial charge on any atom is 0.307 e. The van der Waals surface area contributed by atoms with Crippen molar-refractivity contribution in [1.29, 1.82) is 0 Å². The summed E-state index contributed by atoms with van der Waals surface area (Å²) in [6.45, 7) is 6.33. The van der Waals surface area contributed by atoms with Crippen molar-refractivity contribution >= 4 is 53.7 Å². The van der Waals surface area contributed by atoms with Crippen LogP contribution < -0.4 is 20.7 Å². The quantitative estimate of drug-likeness (QED) is 0.276. The van der Waals surface area contributed by atoms with Crippen LogP contribution in [0.15, 0.2) is 36.5 Å². The number of hydrogen-bond donors (Lipinski definition) is 2. The van der Waals surface area contributed by atoms with Crippen LogP contribution in [0.1, 0.15) is 5.56 Å². The van der Waals surface area contributed by atoms with Crippen LogP contribution in [0.3, 0.4) is 0 Å². The van der Waals surface area contributed by atoms with Gasteiger partial charge in [-0.1, -0.05) is 31.2 Å². The molecule has 11 heteroatoms. The van der Waals surface area contributed by atoms with Gasteiger partial charge < -0.3 is 15.4 Å². The van der Waals surface area contributed by atoms with E-state index in [2.05, 4.69) is 40.0 Å². The van der Waals surface area contributed by atoms with Gasteiger partial charge in [-0.05, 0) is 37.7 Å². The van der Waals surface area contributed by atoms with Crippen LogP contribution in [0.5, 0.6) is 5.75 Å². The molecule has 0 fully saturated rings. The lowest BCUT2D eigenvalue weighted by Crippen LogP contribution is -2.10. The number of halogens is 2. The second kappa shape index (κ2) is 9.41. The number of anilines is 4. The van der Waals surface area contributed by atoms with Crippen molar-refractivity contribution in [3.8, 4) is 5.75 Å². The van der Waals surface area contributed by atoms with Gasteiger partial charge in [0, 0.05) is 17.8 Å². The van der Waals surface area contributed by atoms with E-state index in [-0.39, 0.29) is 25.3 Å². The standard InChI is InChI=1S/C20H20ClFN5O3P/c1-11-5-6-14(18(7-11)31(3)4)24-19-12(21)10-23-20(26-19)25-15-9-16(27(28)29)13(22)8-17(15)30-2/h5-10H,1-4H3,(H2,23,24,25,26). The number of ether oxygens (including phenoxy) is 1. The summed E-state index contributed by atoms with van der Waals surface area (Å²) in [4.78, 5) is 18.8. The highest BCUT2D eigenvalue weighted by Gasteiger charge is 2.20. The molecular weight excluding hydrogens is 444 g/mol. The van der Waals surface area contributed by atoms with Crippen molar-refractivity contribution < 1.29 is 14.1 Å². The zero-order valence-corrected chi connectivity index (χ0v) is 18.9. The van der Waals surface area contributed by atoms with Gasteiger partial charge in [0.2, 0.25) is 11.8 Å². The first-order valence-corrected chi connectivity index (χ1v) is 11.7. The Bertz CT molecular complexity index is 1150. The summed E-state index contributed by atoms with van der Waals surface area (Å²) in [5, 5.41) is 18.6. The number of aryl methyl sites for hydroxylation is 1. The van der Waals surface area contributed by atoms with Gasteiger partial charge in [-0.3, -0.25) is 10.1 Å². The smallest absolute Gasteiger partial charge is 0.307 e. The number of nitro groups is 1. The average molecular weight is 464 g/mol.